The van der Waals surface area contributed by atoms with Crippen LogP contribution in [0, 0.1) is 11.8 Å². The van der Waals surface area contributed by atoms with E-state index >= 15 is 0 Å². The number of fused-ring (bicyclic) bond motifs is 3. The minimum atomic E-state index is 0.547. The number of allylic oxidation sites excluding steroid dienone is 1. The first-order valence-electron chi connectivity index (χ1n) is 7.75. The fraction of sp³-hybridized carbons (Fsp3) is 0.875. The molecule has 0 spiro atoms. The van der Waals surface area contributed by atoms with Gasteiger partial charge in [0.2, 0.25) is 0 Å². The fourth-order valence-electron chi connectivity index (χ4n) is 4.27. The second kappa shape index (κ2) is 5.14. The van der Waals surface area contributed by atoms with Crippen molar-refractivity contribution in [2.75, 3.05) is 0 Å². The average Bonchev–Trinajstić information content (AvgIpc) is 2.39. The molecular weight excluding hydrogens is 208 g/mol. The summed E-state index contributed by atoms with van der Waals surface area (Å²) in [6.45, 7) is 2.29. The van der Waals surface area contributed by atoms with Crippen molar-refractivity contribution in [3.8, 4) is 0 Å². The number of rotatable bonds is 2. The summed E-state index contributed by atoms with van der Waals surface area (Å²) in [5.74, 6) is 1.57. The van der Waals surface area contributed by atoms with Crippen molar-refractivity contribution in [2.24, 2.45) is 11.8 Å². The Labute approximate surface area is 106 Å². The highest BCUT2D eigenvalue weighted by atomic mass is 16.5. The Morgan fingerprint density at radius 2 is 1.94 bits per heavy atom. The molecule has 2 fully saturated rings. The van der Waals surface area contributed by atoms with Crippen LogP contribution in [0.4, 0.5) is 0 Å². The number of hydrogen-bond donors (Lipinski definition) is 0. The molecule has 0 amide bonds. The molecule has 96 valence electrons. The van der Waals surface area contributed by atoms with Crippen LogP contribution in [0.3, 0.4) is 0 Å². The van der Waals surface area contributed by atoms with Crippen LogP contribution in [-0.4, -0.2) is 12.2 Å². The van der Waals surface area contributed by atoms with Crippen molar-refractivity contribution in [3.05, 3.63) is 11.6 Å². The van der Waals surface area contributed by atoms with E-state index in [1.165, 1.54) is 57.8 Å². The van der Waals surface area contributed by atoms with Gasteiger partial charge in [0.25, 0.3) is 0 Å². The third-order valence-electron chi connectivity index (χ3n) is 5.03. The molecule has 1 heteroatoms. The van der Waals surface area contributed by atoms with Crippen molar-refractivity contribution in [3.63, 3.8) is 0 Å². The summed E-state index contributed by atoms with van der Waals surface area (Å²) >= 11 is 0. The van der Waals surface area contributed by atoms with Gasteiger partial charge >= 0.3 is 0 Å². The molecule has 1 aliphatic heterocycles. The topological polar surface area (TPSA) is 9.23 Å². The van der Waals surface area contributed by atoms with Gasteiger partial charge in [0.15, 0.2) is 0 Å². The Morgan fingerprint density at radius 3 is 2.82 bits per heavy atom. The molecule has 1 saturated heterocycles. The first-order chi connectivity index (χ1) is 8.40. The van der Waals surface area contributed by atoms with Gasteiger partial charge in [-0.05, 0) is 38.5 Å². The van der Waals surface area contributed by atoms with Crippen LogP contribution >= 0.6 is 0 Å². The summed E-state index contributed by atoms with van der Waals surface area (Å²) < 4.78 is 6.46. The Morgan fingerprint density at radius 1 is 1.12 bits per heavy atom. The second-order valence-corrected chi connectivity index (χ2v) is 6.13. The lowest BCUT2D eigenvalue weighted by Gasteiger charge is -2.47. The predicted octanol–water partition coefficient (Wildman–Crippen LogP) is 4.47. The Hall–Kier alpha value is -0.300. The molecule has 0 N–H and O–H groups in total. The summed E-state index contributed by atoms with van der Waals surface area (Å²) in [7, 11) is 0. The van der Waals surface area contributed by atoms with Crippen molar-refractivity contribution in [1.29, 1.82) is 0 Å². The summed E-state index contributed by atoms with van der Waals surface area (Å²) in [6.07, 6.45) is 15.9. The minimum absolute atomic E-state index is 0.547. The molecule has 4 unspecified atom stereocenters. The third kappa shape index (κ3) is 2.19. The van der Waals surface area contributed by atoms with Gasteiger partial charge in [0.1, 0.15) is 0 Å². The SMILES string of the molecule is CCCC1OC2CCCCC2C2=CCCCC21. The molecule has 2 aliphatic carbocycles. The zero-order chi connectivity index (χ0) is 11.7. The molecule has 1 heterocycles. The standard InChI is InChI=1S/C16H26O/c1-2-7-15-13-9-4-3-8-12(13)14-10-5-6-11-16(14)17-15/h8,13-16H,2-7,9-11H2,1H3. The lowest BCUT2D eigenvalue weighted by atomic mass is 9.68. The van der Waals surface area contributed by atoms with Crippen LogP contribution in [0.5, 0.6) is 0 Å². The van der Waals surface area contributed by atoms with Crippen LogP contribution in [0.15, 0.2) is 11.6 Å². The van der Waals surface area contributed by atoms with E-state index in [0.29, 0.717) is 12.2 Å². The maximum Gasteiger partial charge on any atom is 0.0644 e. The molecule has 0 bridgehead atoms. The Kier molecular flexibility index (Phi) is 3.56. The summed E-state index contributed by atoms with van der Waals surface area (Å²) in [4.78, 5) is 0. The molecule has 0 radical (unpaired) electrons. The molecule has 3 rings (SSSR count). The van der Waals surface area contributed by atoms with Crippen molar-refractivity contribution < 1.29 is 4.74 Å². The molecule has 0 aromatic heterocycles. The second-order valence-electron chi connectivity index (χ2n) is 6.13. The first kappa shape index (κ1) is 11.8. The van der Waals surface area contributed by atoms with E-state index in [2.05, 4.69) is 13.0 Å². The maximum absolute atomic E-state index is 6.46. The first-order valence-corrected chi connectivity index (χ1v) is 7.75. The van der Waals surface area contributed by atoms with E-state index in [4.69, 9.17) is 4.74 Å². The molecule has 0 aromatic rings. The van der Waals surface area contributed by atoms with Gasteiger partial charge in [0.05, 0.1) is 12.2 Å². The van der Waals surface area contributed by atoms with Gasteiger partial charge in [-0.1, -0.05) is 37.8 Å². The summed E-state index contributed by atoms with van der Waals surface area (Å²) in [5, 5.41) is 0. The van der Waals surface area contributed by atoms with Gasteiger partial charge in [-0.3, -0.25) is 0 Å². The molecule has 1 saturated carbocycles. The zero-order valence-electron chi connectivity index (χ0n) is 11.2. The van der Waals surface area contributed by atoms with Crippen molar-refractivity contribution in [2.45, 2.75) is 76.9 Å². The van der Waals surface area contributed by atoms with Gasteiger partial charge in [-0.15, -0.1) is 0 Å². The molecular formula is C16H26O. The summed E-state index contributed by atoms with van der Waals surface area (Å²) in [5.41, 5.74) is 1.81. The highest BCUT2D eigenvalue weighted by Crippen LogP contribution is 2.46. The van der Waals surface area contributed by atoms with E-state index in [-0.39, 0.29) is 0 Å². The van der Waals surface area contributed by atoms with E-state index in [1.54, 1.807) is 0 Å². The van der Waals surface area contributed by atoms with Gasteiger partial charge < -0.3 is 4.74 Å². The van der Waals surface area contributed by atoms with Crippen molar-refractivity contribution >= 4 is 0 Å². The molecule has 4 atom stereocenters. The fourth-order valence-corrected chi connectivity index (χ4v) is 4.27. The quantitative estimate of drug-likeness (QED) is 0.640. The molecule has 17 heavy (non-hydrogen) atoms. The van der Waals surface area contributed by atoms with Crippen LogP contribution < -0.4 is 0 Å². The Bertz CT molecular complexity index is 294. The molecule has 0 aromatic carbocycles. The molecule has 3 aliphatic rings. The number of ether oxygens (including phenoxy) is 1. The average molecular weight is 234 g/mol. The lowest BCUT2D eigenvalue weighted by Crippen LogP contribution is -2.45. The van der Waals surface area contributed by atoms with E-state index < -0.39 is 0 Å². The van der Waals surface area contributed by atoms with Crippen LogP contribution in [0.1, 0.15) is 64.7 Å². The lowest BCUT2D eigenvalue weighted by molar-refractivity contribution is -0.106. The van der Waals surface area contributed by atoms with Crippen LogP contribution in [-0.2, 0) is 4.74 Å². The number of hydrogen-bond acceptors (Lipinski definition) is 1. The van der Waals surface area contributed by atoms with E-state index in [9.17, 15) is 0 Å². The van der Waals surface area contributed by atoms with Crippen LogP contribution in [0.25, 0.3) is 0 Å². The van der Waals surface area contributed by atoms with Gasteiger partial charge in [-0.25, -0.2) is 0 Å². The molecule has 1 nitrogen and oxygen atoms in total. The minimum Gasteiger partial charge on any atom is -0.374 e. The maximum atomic E-state index is 6.46. The highest BCUT2D eigenvalue weighted by molar-refractivity contribution is 5.20. The smallest absolute Gasteiger partial charge is 0.0644 e. The largest absolute Gasteiger partial charge is 0.374 e. The normalized spacial score (nSPS) is 41.4. The monoisotopic (exact) mass is 234 g/mol. The summed E-state index contributed by atoms with van der Waals surface area (Å²) in [6, 6.07) is 0. The van der Waals surface area contributed by atoms with Crippen LogP contribution in [0.2, 0.25) is 0 Å². The zero-order valence-corrected chi connectivity index (χ0v) is 11.2. The van der Waals surface area contributed by atoms with Crippen molar-refractivity contribution in [1.82, 2.24) is 0 Å². The van der Waals surface area contributed by atoms with E-state index in [0.717, 1.165) is 11.8 Å². The Balaban J connectivity index is 1.83. The van der Waals surface area contributed by atoms with Gasteiger partial charge in [-0.2, -0.15) is 0 Å². The van der Waals surface area contributed by atoms with Gasteiger partial charge in [0, 0.05) is 11.8 Å². The third-order valence-corrected chi connectivity index (χ3v) is 5.03. The highest BCUT2D eigenvalue weighted by Gasteiger charge is 2.42. The van der Waals surface area contributed by atoms with E-state index in [1.807, 2.05) is 5.57 Å². The predicted molar refractivity (Wildman–Crippen MR) is 71.0 cm³/mol.